The standard InChI is InChI=1S/C2H7BClN/c1-5(2)3-4/h3H,1-2H3. The molecular formula is C2H7BClN. The first-order valence-electron chi connectivity index (χ1n) is 1.48. The quantitative estimate of drug-likeness (QED) is 0.412. The molecular weight excluding hydrogens is 84.3 g/mol. The van der Waals surface area contributed by atoms with Gasteiger partial charge in [0.15, 0.2) is 0 Å². The molecule has 0 aromatic heterocycles. The molecule has 0 rings (SSSR count). The zero-order valence-corrected chi connectivity index (χ0v) is 4.29. The Morgan fingerprint density at radius 3 is 1.80 bits per heavy atom. The van der Waals surface area contributed by atoms with Crippen LogP contribution in [0.3, 0.4) is 0 Å². The third kappa shape index (κ3) is 4.31. The lowest BCUT2D eigenvalue weighted by Crippen LogP contribution is -2.10. The normalized spacial score (nSPS) is 8.80. The van der Waals surface area contributed by atoms with E-state index in [9.17, 15) is 0 Å². The molecule has 5 heavy (non-hydrogen) atoms. The maximum atomic E-state index is 5.26. The predicted octanol–water partition coefficient (Wildman–Crippen LogP) is 0.0533. The molecule has 0 aliphatic rings. The molecule has 0 fully saturated rings. The molecule has 3 heteroatoms. The summed E-state index contributed by atoms with van der Waals surface area (Å²) in [7, 11) is 3.85. The van der Waals surface area contributed by atoms with Crippen molar-refractivity contribution in [2.75, 3.05) is 14.1 Å². The zero-order chi connectivity index (χ0) is 4.28. The van der Waals surface area contributed by atoms with Gasteiger partial charge < -0.3 is 4.81 Å². The molecule has 0 atom stereocenters. The smallest absolute Gasteiger partial charge is 0.313 e. The predicted molar refractivity (Wildman–Crippen MR) is 26.7 cm³/mol. The van der Waals surface area contributed by atoms with Gasteiger partial charge in [0.1, 0.15) is 0 Å². The summed E-state index contributed by atoms with van der Waals surface area (Å²) in [6.45, 7) is 0.611. The first-order chi connectivity index (χ1) is 2.27. The molecule has 0 aromatic rings. The lowest BCUT2D eigenvalue weighted by molar-refractivity contribution is 0.673. The van der Waals surface area contributed by atoms with Gasteiger partial charge in [-0.3, -0.25) is 0 Å². The molecule has 0 unspecified atom stereocenters. The molecule has 30 valence electrons. The highest BCUT2D eigenvalue weighted by Gasteiger charge is 1.79. The minimum Gasteiger partial charge on any atom is -0.337 e. The Morgan fingerprint density at radius 2 is 1.80 bits per heavy atom. The highest BCUT2D eigenvalue weighted by atomic mass is 35.5. The topological polar surface area (TPSA) is 3.24 Å². The van der Waals surface area contributed by atoms with E-state index in [0.29, 0.717) is 6.83 Å². The van der Waals surface area contributed by atoms with Gasteiger partial charge in [-0.05, 0) is 14.1 Å². The number of hydrogen-bond acceptors (Lipinski definition) is 1. The SMILES string of the molecule is CN(C)BCl. The molecule has 0 saturated heterocycles. The first-order valence-corrected chi connectivity index (χ1v) is 2.01. The van der Waals surface area contributed by atoms with Gasteiger partial charge >= 0.3 is 6.83 Å². The third-order valence-electron chi connectivity index (χ3n) is 0.239. The van der Waals surface area contributed by atoms with Crippen molar-refractivity contribution in [3.8, 4) is 0 Å². The van der Waals surface area contributed by atoms with Gasteiger partial charge in [0.25, 0.3) is 0 Å². The molecule has 0 bridgehead atoms. The van der Waals surface area contributed by atoms with Crippen molar-refractivity contribution in [1.82, 2.24) is 4.81 Å². The zero-order valence-electron chi connectivity index (χ0n) is 3.53. The Labute approximate surface area is 38.1 Å². The van der Waals surface area contributed by atoms with Gasteiger partial charge in [0.2, 0.25) is 0 Å². The van der Waals surface area contributed by atoms with Crippen LogP contribution in [0.25, 0.3) is 0 Å². The second-order valence-corrected chi connectivity index (χ2v) is 1.44. The second kappa shape index (κ2) is 2.55. The van der Waals surface area contributed by atoms with Crippen LogP contribution in [0.2, 0.25) is 0 Å². The van der Waals surface area contributed by atoms with Crippen LogP contribution in [0.1, 0.15) is 0 Å². The van der Waals surface area contributed by atoms with E-state index >= 15 is 0 Å². The van der Waals surface area contributed by atoms with E-state index in [1.165, 1.54) is 0 Å². The summed E-state index contributed by atoms with van der Waals surface area (Å²) in [5.74, 6) is 0. The number of hydrogen-bond donors (Lipinski definition) is 0. The monoisotopic (exact) mass is 91.0 g/mol. The average molecular weight is 91.3 g/mol. The lowest BCUT2D eigenvalue weighted by atomic mass is 10.4. The van der Waals surface area contributed by atoms with Gasteiger partial charge in [-0.15, -0.1) is 0 Å². The molecule has 0 saturated carbocycles. The Morgan fingerprint density at radius 1 is 1.60 bits per heavy atom. The van der Waals surface area contributed by atoms with Crippen molar-refractivity contribution < 1.29 is 0 Å². The number of nitrogens with zero attached hydrogens (tertiary/aromatic N) is 1. The highest BCUT2D eigenvalue weighted by Crippen LogP contribution is 1.69. The van der Waals surface area contributed by atoms with E-state index in [-0.39, 0.29) is 0 Å². The van der Waals surface area contributed by atoms with Crippen LogP contribution in [0.15, 0.2) is 0 Å². The van der Waals surface area contributed by atoms with E-state index in [2.05, 4.69) is 0 Å². The van der Waals surface area contributed by atoms with Crippen LogP contribution in [0.5, 0.6) is 0 Å². The summed E-state index contributed by atoms with van der Waals surface area (Å²) in [6, 6.07) is 0. The Hall–Kier alpha value is 0.315. The third-order valence-corrected chi connectivity index (χ3v) is 0.717. The largest absolute Gasteiger partial charge is 0.337 e. The van der Waals surface area contributed by atoms with Crippen molar-refractivity contribution in [3.63, 3.8) is 0 Å². The summed E-state index contributed by atoms with van der Waals surface area (Å²) in [4.78, 5) is 1.89. The van der Waals surface area contributed by atoms with E-state index in [0.717, 1.165) is 0 Å². The number of halogens is 1. The van der Waals surface area contributed by atoms with E-state index in [1.54, 1.807) is 0 Å². The molecule has 0 heterocycles. The van der Waals surface area contributed by atoms with Crippen LogP contribution < -0.4 is 0 Å². The molecule has 0 aliphatic heterocycles. The molecule has 0 radical (unpaired) electrons. The average Bonchev–Trinajstić information content (AvgIpc) is 1.38. The van der Waals surface area contributed by atoms with Crippen molar-refractivity contribution in [2.24, 2.45) is 0 Å². The van der Waals surface area contributed by atoms with Gasteiger partial charge in [0.05, 0.1) is 0 Å². The van der Waals surface area contributed by atoms with E-state index < -0.39 is 0 Å². The summed E-state index contributed by atoms with van der Waals surface area (Å²) >= 11 is 5.26. The highest BCUT2D eigenvalue weighted by molar-refractivity contribution is 6.91. The van der Waals surface area contributed by atoms with Crippen LogP contribution in [0.4, 0.5) is 0 Å². The van der Waals surface area contributed by atoms with Crippen molar-refractivity contribution >= 4 is 18.3 Å². The fourth-order valence-electron chi connectivity index (χ4n) is 0. The fourth-order valence-corrected chi connectivity index (χ4v) is 0. The molecule has 0 aliphatic carbocycles. The molecule has 0 amide bonds. The van der Waals surface area contributed by atoms with Crippen LogP contribution in [-0.2, 0) is 0 Å². The molecule has 0 aromatic carbocycles. The second-order valence-electron chi connectivity index (χ2n) is 1.20. The molecule has 1 nitrogen and oxygen atoms in total. The molecule has 0 N–H and O–H groups in total. The molecule has 0 spiro atoms. The van der Waals surface area contributed by atoms with E-state index in [4.69, 9.17) is 11.5 Å². The Balaban J connectivity index is 2.54. The van der Waals surface area contributed by atoms with Gasteiger partial charge in [-0.2, -0.15) is 11.5 Å². The van der Waals surface area contributed by atoms with Gasteiger partial charge in [0, 0.05) is 0 Å². The van der Waals surface area contributed by atoms with Crippen LogP contribution in [-0.4, -0.2) is 25.7 Å². The minimum absolute atomic E-state index is 0.611. The lowest BCUT2D eigenvalue weighted by Gasteiger charge is -1.96. The van der Waals surface area contributed by atoms with Gasteiger partial charge in [-0.1, -0.05) is 0 Å². The van der Waals surface area contributed by atoms with Crippen LogP contribution >= 0.6 is 11.5 Å². The van der Waals surface area contributed by atoms with Crippen molar-refractivity contribution in [1.29, 1.82) is 0 Å². The Bertz CT molecular complexity index is 23.6. The van der Waals surface area contributed by atoms with E-state index in [1.807, 2.05) is 18.9 Å². The number of rotatable bonds is 1. The summed E-state index contributed by atoms with van der Waals surface area (Å²) < 4.78 is 0. The summed E-state index contributed by atoms with van der Waals surface area (Å²) in [6.07, 6.45) is 0. The minimum atomic E-state index is 0.611. The van der Waals surface area contributed by atoms with Crippen molar-refractivity contribution in [3.05, 3.63) is 0 Å². The first kappa shape index (κ1) is 5.31. The Kier molecular flexibility index (Phi) is 2.71. The van der Waals surface area contributed by atoms with Crippen molar-refractivity contribution in [2.45, 2.75) is 0 Å². The maximum absolute atomic E-state index is 5.26. The van der Waals surface area contributed by atoms with Crippen LogP contribution in [0, 0.1) is 0 Å². The summed E-state index contributed by atoms with van der Waals surface area (Å²) in [5, 5.41) is 0. The van der Waals surface area contributed by atoms with Gasteiger partial charge in [-0.25, -0.2) is 0 Å². The fraction of sp³-hybridized carbons (Fsp3) is 1.00. The summed E-state index contributed by atoms with van der Waals surface area (Å²) in [5.41, 5.74) is 0. The maximum Gasteiger partial charge on any atom is 0.313 e.